The van der Waals surface area contributed by atoms with E-state index in [2.05, 4.69) is 5.32 Å². The first-order valence-corrected chi connectivity index (χ1v) is 7.75. The van der Waals surface area contributed by atoms with Gasteiger partial charge in [0.15, 0.2) is 0 Å². The predicted octanol–water partition coefficient (Wildman–Crippen LogP) is 3.42. The molecule has 6 nitrogen and oxygen atoms in total. The number of likely N-dealkylation sites (N-methyl/N-ethyl adjacent to an activating group) is 1. The second kappa shape index (κ2) is 7.85. The molecule has 0 aliphatic rings. The summed E-state index contributed by atoms with van der Waals surface area (Å²) < 4.78 is 13.2. The average molecular weight is 345 g/mol. The van der Waals surface area contributed by atoms with Crippen molar-refractivity contribution in [1.82, 2.24) is 4.90 Å². The summed E-state index contributed by atoms with van der Waals surface area (Å²) in [6.45, 7) is 3.97. The van der Waals surface area contributed by atoms with Gasteiger partial charge in [-0.25, -0.2) is 4.39 Å². The van der Waals surface area contributed by atoms with Crippen molar-refractivity contribution in [3.05, 3.63) is 69.0 Å². The van der Waals surface area contributed by atoms with Crippen molar-refractivity contribution in [2.45, 2.75) is 20.4 Å². The van der Waals surface area contributed by atoms with E-state index in [1.165, 1.54) is 18.2 Å². The summed E-state index contributed by atoms with van der Waals surface area (Å²) in [5.41, 5.74) is 2.34. The topological polar surface area (TPSA) is 75.5 Å². The molecule has 132 valence electrons. The molecule has 0 saturated carbocycles. The Labute approximate surface area is 145 Å². The minimum absolute atomic E-state index is 0.0288. The van der Waals surface area contributed by atoms with Crippen LogP contribution in [0.1, 0.15) is 16.7 Å². The number of nitro benzene ring substituents is 1. The van der Waals surface area contributed by atoms with Crippen LogP contribution in [-0.2, 0) is 11.3 Å². The lowest BCUT2D eigenvalue weighted by Gasteiger charge is -2.17. The van der Waals surface area contributed by atoms with E-state index in [1.54, 1.807) is 37.1 Å². The van der Waals surface area contributed by atoms with Crippen molar-refractivity contribution in [2.75, 3.05) is 18.9 Å². The second-order valence-corrected chi connectivity index (χ2v) is 6.01. The molecule has 0 aromatic heterocycles. The van der Waals surface area contributed by atoms with Gasteiger partial charge in [-0.15, -0.1) is 0 Å². The molecule has 0 saturated heterocycles. The van der Waals surface area contributed by atoms with E-state index in [1.807, 2.05) is 6.92 Å². The summed E-state index contributed by atoms with van der Waals surface area (Å²) in [4.78, 5) is 24.6. The highest BCUT2D eigenvalue weighted by Crippen LogP contribution is 2.30. The minimum Gasteiger partial charge on any atom is -0.319 e. The summed E-state index contributed by atoms with van der Waals surface area (Å²) in [6, 6.07) is 9.18. The molecule has 2 rings (SSSR count). The van der Waals surface area contributed by atoms with E-state index >= 15 is 0 Å². The van der Waals surface area contributed by atoms with Crippen molar-refractivity contribution >= 4 is 17.3 Å². The third-order valence-electron chi connectivity index (χ3n) is 3.93. The maximum absolute atomic E-state index is 13.2. The Bertz CT molecular complexity index is 808. The van der Waals surface area contributed by atoms with Crippen LogP contribution in [0, 0.1) is 29.8 Å². The fraction of sp³-hybridized carbons (Fsp3) is 0.278. The lowest BCUT2D eigenvalue weighted by molar-refractivity contribution is -0.384. The third-order valence-corrected chi connectivity index (χ3v) is 3.93. The number of anilines is 1. The van der Waals surface area contributed by atoms with Crippen molar-refractivity contribution in [3.8, 4) is 0 Å². The van der Waals surface area contributed by atoms with Crippen LogP contribution in [0.3, 0.4) is 0 Å². The van der Waals surface area contributed by atoms with Gasteiger partial charge in [-0.05, 0) is 49.7 Å². The fourth-order valence-electron chi connectivity index (χ4n) is 2.54. The lowest BCUT2D eigenvalue weighted by Crippen LogP contribution is -2.30. The number of benzene rings is 2. The van der Waals surface area contributed by atoms with E-state index in [9.17, 15) is 19.3 Å². The SMILES string of the molecule is Cc1ccc([N+](=O)[O-])c(NC(=O)CN(C)Cc2cccc(F)c2)c1C. The maximum atomic E-state index is 13.2. The van der Waals surface area contributed by atoms with Crippen LogP contribution in [0.25, 0.3) is 0 Å². The van der Waals surface area contributed by atoms with Gasteiger partial charge >= 0.3 is 0 Å². The predicted molar refractivity (Wildman–Crippen MR) is 93.9 cm³/mol. The van der Waals surface area contributed by atoms with E-state index in [0.29, 0.717) is 12.1 Å². The number of amides is 1. The fourth-order valence-corrected chi connectivity index (χ4v) is 2.54. The van der Waals surface area contributed by atoms with Gasteiger partial charge in [0.25, 0.3) is 5.69 Å². The molecule has 25 heavy (non-hydrogen) atoms. The normalized spacial score (nSPS) is 10.8. The molecular weight excluding hydrogens is 325 g/mol. The van der Waals surface area contributed by atoms with E-state index < -0.39 is 4.92 Å². The van der Waals surface area contributed by atoms with Crippen molar-refractivity contribution in [3.63, 3.8) is 0 Å². The molecule has 0 bridgehead atoms. The van der Waals surface area contributed by atoms with Gasteiger partial charge in [0.1, 0.15) is 11.5 Å². The quantitative estimate of drug-likeness (QED) is 0.643. The average Bonchev–Trinajstić information content (AvgIpc) is 2.51. The largest absolute Gasteiger partial charge is 0.319 e. The molecule has 0 radical (unpaired) electrons. The molecule has 0 aliphatic carbocycles. The number of halogens is 1. The highest BCUT2D eigenvalue weighted by molar-refractivity contribution is 5.95. The zero-order valence-electron chi connectivity index (χ0n) is 14.4. The summed E-state index contributed by atoms with van der Waals surface area (Å²) in [6.07, 6.45) is 0. The second-order valence-electron chi connectivity index (χ2n) is 6.01. The maximum Gasteiger partial charge on any atom is 0.293 e. The van der Waals surface area contributed by atoms with Gasteiger partial charge in [0.05, 0.1) is 11.5 Å². The first kappa shape index (κ1) is 18.5. The van der Waals surface area contributed by atoms with Crippen LogP contribution in [0.15, 0.2) is 36.4 Å². The Balaban J connectivity index is 2.07. The number of nitrogens with zero attached hydrogens (tertiary/aromatic N) is 2. The summed E-state index contributed by atoms with van der Waals surface area (Å²) in [5, 5.41) is 13.8. The molecule has 0 unspecified atom stereocenters. The summed E-state index contributed by atoms with van der Waals surface area (Å²) in [5.74, 6) is -0.697. The van der Waals surface area contributed by atoms with Crippen molar-refractivity contribution in [1.29, 1.82) is 0 Å². The van der Waals surface area contributed by atoms with Gasteiger partial charge in [-0.1, -0.05) is 18.2 Å². The number of carbonyl (C=O) groups is 1. The number of hydrogen-bond donors (Lipinski definition) is 1. The van der Waals surface area contributed by atoms with E-state index in [0.717, 1.165) is 11.1 Å². The van der Waals surface area contributed by atoms with E-state index in [-0.39, 0.29) is 29.6 Å². The first-order valence-electron chi connectivity index (χ1n) is 7.75. The highest BCUT2D eigenvalue weighted by Gasteiger charge is 2.20. The van der Waals surface area contributed by atoms with Crippen LogP contribution in [0.5, 0.6) is 0 Å². The number of aryl methyl sites for hydroxylation is 1. The Morgan fingerprint density at radius 3 is 2.64 bits per heavy atom. The number of nitro groups is 1. The molecule has 0 spiro atoms. The molecule has 7 heteroatoms. The Morgan fingerprint density at radius 2 is 2.00 bits per heavy atom. The van der Waals surface area contributed by atoms with Crippen LogP contribution in [0.2, 0.25) is 0 Å². The monoisotopic (exact) mass is 345 g/mol. The number of nitrogens with one attached hydrogen (secondary N) is 1. The zero-order valence-corrected chi connectivity index (χ0v) is 14.4. The number of carbonyl (C=O) groups excluding carboxylic acids is 1. The first-order chi connectivity index (χ1) is 11.8. The molecule has 0 atom stereocenters. The smallest absolute Gasteiger partial charge is 0.293 e. The van der Waals surface area contributed by atoms with Crippen LogP contribution in [-0.4, -0.2) is 29.3 Å². The highest BCUT2D eigenvalue weighted by atomic mass is 19.1. The van der Waals surface area contributed by atoms with Gasteiger partial charge < -0.3 is 5.32 Å². The standard InChI is InChI=1S/C18H20FN3O3/c1-12-7-8-16(22(24)25)18(13(12)2)20-17(23)11-21(3)10-14-5-4-6-15(19)9-14/h4-9H,10-11H2,1-3H3,(H,20,23). The number of hydrogen-bond acceptors (Lipinski definition) is 4. The Kier molecular flexibility index (Phi) is 5.82. The van der Waals surface area contributed by atoms with Crippen LogP contribution < -0.4 is 5.32 Å². The van der Waals surface area contributed by atoms with E-state index in [4.69, 9.17) is 0 Å². The summed E-state index contributed by atoms with van der Waals surface area (Å²) in [7, 11) is 1.72. The molecule has 1 amide bonds. The molecule has 2 aromatic carbocycles. The van der Waals surface area contributed by atoms with Gasteiger partial charge in [-0.3, -0.25) is 19.8 Å². The third kappa shape index (κ3) is 4.84. The van der Waals surface area contributed by atoms with Gasteiger partial charge in [0, 0.05) is 12.6 Å². The number of rotatable bonds is 6. The van der Waals surface area contributed by atoms with Gasteiger partial charge in [0.2, 0.25) is 5.91 Å². The molecule has 0 heterocycles. The van der Waals surface area contributed by atoms with Crippen molar-refractivity contribution < 1.29 is 14.1 Å². The molecule has 1 N–H and O–H groups in total. The summed E-state index contributed by atoms with van der Waals surface area (Å²) >= 11 is 0. The van der Waals surface area contributed by atoms with Crippen LogP contribution >= 0.6 is 0 Å². The zero-order chi connectivity index (χ0) is 18.6. The minimum atomic E-state index is -0.515. The Hall–Kier alpha value is -2.80. The van der Waals surface area contributed by atoms with Crippen LogP contribution in [0.4, 0.5) is 15.8 Å². The van der Waals surface area contributed by atoms with Gasteiger partial charge in [-0.2, -0.15) is 0 Å². The molecule has 2 aromatic rings. The molecular formula is C18H20FN3O3. The molecule has 0 fully saturated rings. The van der Waals surface area contributed by atoms with Crippen molar-refractivity contribution in [2.24, 2.45) is 0 Å². The lowest BCUT2D eigenvalue weighted by atomic mass is 10.1. The Morgan fingerprint density at radius 1 is 1.28 bits per heavy atom. The molecule has 0 aliphatic heterocycles.